The molecule has 0 aromatic heterocycles. The summed E-state index contributed by atoms with van der Waals surface area (Å²) >= 11 is 1.75. The zero-order valence-corrected chi connectivity index (χ0v) is 13.7. The first-order chi connectivity index (χ1) is 7.39. The normalized spacial score (nSPS) is 5.16. The average molecular weight is 304 g/mol. The van der Waals surface area contributed by atoms with Gasteiger partial charge in [0, 0.05) is 14.2 Å². The van der Waals surface area contributed by atoms with Crippen molar-refractivity contribution in [2.45, 2.75) is 56.4 Å². The number of hydrogen-bond donors (Lipinski definition) is 1. The largest absolute Gasteiger partial charge is 0.388 e. The van der Waals surface area contributed by atoms with E-state index in [1.807, 2.05) is 26.6 Å². The zero-order chi connectivity index (χ0) is 14.4. The van der Waals surface area contributed by atoms with Gasteiger partial charge in [-0.3, -0.25) is 0 Å². The number of rotatable bonds is 0. The van der Waals surface area contributed by atoms with E-state index >= 15 is 0 Å². The minimum absolute atomic E-state index is 0. The van der Waals surface area contributed by atoms with E-state index in [-0.39, 0.29) is 28.1 Å². The van der Waals surface area contributed by atoms with Gasteiger partial charge in [0.15, 0.2) is 0 Å². The number of nitrogens with one attached hydrogen (secondary N) is 1. The third-order valence-electron chi connectivity index (χ3n) is 0. The van der Waals surface area contributed by atoms with Crippen molar-refractivity contribution >= 4 is 17.5 Å². The smallest absolute Gasteiger partial charge is 0.126 e. The third kappa shape index (κ3) is 1270000. The second-order valence-corrected chi connectivity index (χ2v) is 3.75. The summed E-state index contributed by atoms with van der Waals surface area (Å²) in [6.45, 7) is 7.31. The molecule has 0 radical (unpaired) electrons. The Morgan fingerprint density at radius 2 is 1.00 bits per heavy atom. The highest BCUT2D eigenvalue weighted by molar-refractivity contribution is 7.97. The van der Waals surface area contributed by atoms with E-state index < -0.39 is 0 Å². The molecule has 3 nitrogen and oxygen atoms in total. The van der Waals surface area contributed by atoms with Crippen LogP contribution < -0.4 is 5.32 Å². The number of Topliss-reactive ketones (excluding diaryl/α,β-unsaturated/α-hetero) is 1. The molecule has 1 N–H and O–H groups in total. The molecule has 4 heteroatoms. The van der Waals surface area contributed by atoms with Crippen LogP contribution in [0.1, 0.15) is 56.4 Å². The first kappa shape index (κ1) is 50.9. The summed E-state index contributed by atoms with van der Waals surface area (Å²) < 4.78 is 4.25. The van der Waals surface area contributed by atoms with Crippen LogP contribution in [-0.4, -0.2) is 46.6 Å². The predicted octanol–water partition coefficient (Wildman–Crippen LogP) is 5.00. The Balaban J connectivity index is -0.0000000128. The Kier molecular flexibility index (Phi) is 287. The van der Waals surface area contributed by atoms with E-state index in [1.165, 1.54) is 20.3 Å². The number of ether oxygens (including phenoxy) is 1. The van der Waals surface area contributed by atoms with Gasteiger partial charge in [-0.15, -0.1) is 0 Å². The molecule has 0 aromatic carbocycles. The van der Waals surface area contributed by atoms with Crippen molar-refractivity contribution in [3.63, 3.8) is 0 Å². The van der Waals surface area contributed by atoms with Gasteiger partial charge in [0.2, 0.25) is 0 Å². The van der Waals surface area contributed by atoms with E-state index in [4.69, 9.17) is 0 Å². The predicted molar refractivity (Wildman–Crippen MR) is 99.9 cm³/mol. The molecule has 128 valence electrons. The number of methoxy groups -OCH3 is 1. The fourth-order valence-electron chi connectivity index (χ4n) is 0. The minimum atomic E-state index is 0. The van der Waals surface area contributed by atoms with E-state index in [1.54, 1.807) is 26.0 Å². The molecule has 19 heavy (non-hydrogen) atoms. The molecule has 0 fully saturated rings. The van der Waals surface area contributed by atoms with Gasteiger partial charge in [0.05, 0.1) is 0 Å². The topological polar surface area (TPSA) is 38.3 Å². The summed E-state index contributed by atoms with van der Waals surface area (Å²) in [5.74, 6) is 0.167. The molecule has 0 aliphatic heterocycles. The highest BCUT2D eigenvalue weighted by Gasteiger charge is 1.62. The van der Waals surface area contributed by atoms with Crippen molar-refractivity contribution in [3.05, 3.63) is 0 Å². The molecule has 0 saturated carbocycles. The molecule has 0 amide bonds. The molecule has 0 aliphatic rings. The van der Waals surface area contributed by atoms with E-state index in [0.29, 0.717) is 0 Å². The van der Waals surface area contributed by atoms with Gasteiger partial charge in [0.25, 0.3) is 0 Å². The molecule has 0 spiro atoms. The summed E-state index contributed by atoms with van der Waals surface area (Å²) in [7, 11) is 7.00. The Hall–Kier alpha value is -0.0600. The summed E-state index contributed by atoms with van der Waals surface area (Å²) in [5.41, 5.74) is 0. The van der Waals surface area contributed by atoms with Crippen LogP contribution in [0.25, 0.3) is 0 Å². The Bertz CT molecular complexity index is 70.5. The number of hydrogen-bond acceptors (Lipinski definition) is 4. The van der Waals surface area contributed by atoms with Gasteiger partial charge in [0.1, 0.15) is 5.78 Å². The molecule has 0 atom stereocenters. The molecule has 0 bridgehead atoms. The van der Waals surface area contributed by atoms with Crippen LogP contribution in [-0.2, 0) is 9.53 Å². The first-order valence-corrected chi connectivity index (χ1v) is 6.88. The molecule has 0 saturated heterocycles. The number of carbonyl (C=O) groups excluding carboxylic acids is 1. The van der Waals surface area contributed by atoms with Crippen molar-refractivity contribution in [1.82, 2.24) is 5.32 Å². The van der Waals surface area contributed by atoms with Crippen LogP contribution >= 0.6 is 11.8 Å². The van der Waals surface area contributed by atoms with Gasteiger partial charge >= 0.3 is 0 Å². The molecular formula is C15H45NO2S. The minimum Gasteiger partial charge on any atom is -0.388 e. The highest BCUT2D eigenvalue weighted by Crippen LogP contribution is 1.70. The van der Waals surface area contributed by atoms with Gasteiger partial charge in [-0.05, 0) is 40.5 Å². The second-order valence-electron chi connectivity index (χ2n) is 2.93. The highest BCUT2D eigenvalue weighted by atomic mass is 32.2. The van der Waals surface area contributed by atoms with Crippen molar-refractivity contribution in [2.24, 2.45) is 0 Å². The van der Waals surface area contributed by atoms with Gasteiger partial charge in [-0.1, -0.05) is 42.5 Å². The van der Waals surface area contributed by atoms with E-state index in [2.05, 4.69) is 23.9 Å². The lowest BCUT2D eigenvalue weighted by atomic mass is 10.6. The summed E-state index contributed by atoms with van der Waals surface area (Å²) in [5, 5.41) is 2.75. The van der Waals surface area contributed by atoms with Crippen LogP contribution in [0, 0.1) is 0 Å². The Morgan fingerprint density at radius 1 is 1.00 bits per heavy atom. The number of carbonyl (C=O) groups is 1. The lowest BCUT2D eigenvalue weighted by molar-refractivity contribution is -0.114. The summed E-state index contributed by atoms with van der Waals surface area (Å²) in [6, 6.07) is 0. The van der Waals surface area contributed by atoms with Crippen LogP contribution in [0.15, 0.2) is 0 Å². The summed E-state index contributed by atoms with van der Waals surface area (Å²) in [6.07, 6.45) is 5.33. The second kappa shape index (κ2) is 107. The molecule has 0 heterocycles. The summed E-state index contributed by atoms with van der Waals surface area (Å²) in [4.78, 5) is 9.44. The van der Waals surface area contributed by atoms with Gasteiger partial charge in [-0.2, -0.15) is 11.8 Å². The maximum absolute atomic E-state index is 9.44. The maximum Gasteiger partial charge on any atom is 0.126 e. The average Bonchev–Trinajstić information content (AvgIpc) is 2.06. The lowest BCUT2D eigenvalue weighted by Crippen LogP contribution is -1.89. The molecule has 0 aromatic rings. The maximum atomic E-state index is 9.44. The third-order valence-corrected chi connectivity index (χ3v) is 0. The number of ketones is 1. The standard InChI is InChI=1S/C3H6O.C3H8.C2H7N.C2H6O.C2H6S.3CH4/c1-3(2)4;4*1-3-2;;;/h1-2H3;3H2,1-2H3;3H,1-2H3;2*1-2H3;3*1H4. The fraction of sp³-hybridized carbons (Fsp3) is 0.933. The lowest BCUT2D eigenvalue weighted by Gasteiger charge is -1.61. The monoisotopic (exact) mass is 303 g/mol. The van der Waals surface area contributed by atoms with Crippen molar-refractivity contribution in [3.8, 4) is 0 Å². The number of thioether (sulfide) groups is 1. The van der Waals surface area contributed by atoms with E-state index in [0.717, 1.165) is 0 Å². The molecule has 0 rings (SSSR count). The fourth-order valence-corrected chi connectivity index (χ4v) is 0. The Labute approximate surface area is 130 Å². The van der Waals surface area contributed by atoms with Crippen molar-refractivity contribution in [1.29, 1.82) is 0 Å². The molecular weight excluding hydrogens is 258 g/mol. The SMILES string of the molecule is C.C.C.CC(C)=O.CCC.CNC.COC.CSC. The zero-order valence-electron chi connectivity index (χ0n) is 12.9. The van der Waals surface area contributed by atoms with Crippen LogP contribution in [0.5, 0.6) is 0 Å². The molecule has 0 unspecified atom stereocenters. The van der Waals surface area contributed by atoms with E-state index in [9.17, 15) is 4.79 Å². The van der Waals surface area contributed by atoms with Crippen LogP contribution in [0.4, 0.5) is 0 Å². The van der Waals surface area contributed by atoms with Crippen molar-refractivity contribution < 1.29 is 9.53 Å². The van der Waals surface area contributed by atoms with Crippen LogP contribution in [0.3, 0.4) is 0 Å². The van der Waals surface area contributed by atoms with Crippen molar-refractivity contribution in [2.75, 3.05) is 40.8 Å². The first-order valence-electron chi connectivity index (χ1n) is 5.25. The quantitative estimate of drug-likeness (QED) is 0.683. The Morgan fingerprint density at radius 3 is 1.00 bits per heavy atom. The van der Waals surface area contributed by atoms with Gasteiger partial charge in [-0.25, -0.2) is 0 Å². The van der Waals surface area contributed by atoms with Crippen LogP contribution in [0.2, 0.25) is 0 Å². The molecule has 0 aliphatic carbocycles. The van der Waals surface area contributed by atoms with Gasteiger partial charge < -0.3 is 14.8 Å².